The number of ketones is 1. The standard InChI is InChI=1S/C15H11ClO4S/c16-10-7-9(8-13-14(10)20-5-4-19-13)1-2-11(17)15-12(18)3-6-21-15/h1-3,6-8,18H,4-5H2. The van der Waals surface area contributed by atoms with Crippen LogP contribution in [0.25, 0.3) is 6.08 Å². The maximum absolute atomic E-state index is 11.9. The molecule has 2 heterocycles. The summed E-state index contributed by atoms with van der Waals surface area (Å²) < 4.78 is 10.9. The lowest BCUT2D eigenvalue weighted by atomic mass is 10.1. The summed E-state index contributed by atoms with van der Waals surface area (Å²) in [5, 5.41) is 11.6. The second kappa shape index (κ2) is 5.79. The molecule has 3 rings (SSSR count). The molecule has 0 spiro atoms. The first-order valence-corrected chi connectivity index (χ1v) is 7.49. The minimum Gasteiger partial charge on any atom is -0.506 e. The van der Waals surface area contributed by atoms with E-state index in [1.54, 1.807) is 23.6 Å². The Labute approximate surface area is 130 Å². The zero-order valence-electron chi connectivity index (χ0n) is 10.8. The van der Waals surface area contributed by atoms with Gasteiger partial charge in [0.1, 0.15) is 23.8 Å². The molecular formula is C15H11ClO4S. The largest absolute Gasteiger partial charge is 0.506 e. The minimum atomic E-state index is -0.256. The third-order valence-electron chi connectivity index (χ3n) is 2.91. The van der Waals surface area contributed by atoms with E-state index < -0.39 is 0 Å². The lowest BCUT2D eigenvalue weighted by molar-refractivity contribution is 0.104. The van der Waals surface area contributed by atoms with E-state index in [0.29, 0.717) is 34.6 Å². The van der Waals surface area contributed by atoms with Crippen LogP contribution in [-0.2, 0) is 0 Å². The molecule has 0 radical (unpaired) electrons. The molecule has 0 fully saturated rings. The van der Waals surface area contributed by atoms with Gasteiger partial charge in [-0.2, -0.15) is 0 Å². The number of allylic oxidation sites excluding steroid dienone is 1. The van der Waals surface area contributed by atoms with Crippen molar-refractivity contribution in [2.45, 2.75) is 0 Å². The Morgan fingerprint density at radius 1 is 1.33 bits per heavy atom. The molecule has 0 atom stereocenters. The van der Waals surface area contributed by atoms with Crippen LogP contribution in [0.15, 0.2) is 29.7 Å². The Morgan fingerprint density at radius 2 is 2.14 bits per heavy atom. The van der Waals surface area contributed by atoms with Crippen LogP contribution in [0.4, 0.5) is 0 Å². The van der Waals surface area contributed by atoms with Gasteiger partial charge < -0.3 is 14.6 Å². The molecule has 0 aliphatic carbocycles. The number of carbonyl (C=O) groups excluding carboxylic acids is 1. The summed E-state index contributed by atoms with van der Waals surface area (Å²) in [6.07, 6.45) is 3.03. The topological polar surface area (TPSA) is 55.8 Å². The Balaban J connectivity index is 1.85. The second-order valence-corrected chi connectivity index (χ2v) is 5.68. The molecule has 2 aromatic rings. The van der Waals surface area contributed by atoms with Gasteiger partial charge in [0.15, 0.2) is 17.3 Å². The monoisotopic (exact) mass is 322 g/mol. The maximum Gasteiger partial charge on any atom is 0.199 e. The summed E-state index contributed by atoms with van der Waals surface area (Å²) in [6, 6.07) is 4.96. The van der Waals surface area contributed by atoms with E-state index in [9.17, 15) is 9.90 Å². The normalized spacial score (nSPS) is 13.6. The first-order chi connectivity index (χ1) is 10.1. The van der Waals surface area contributed by atoms with E-state index in [2.05, 4.69) is 0 Å². The average molecular weight is 323 g/mol. The molecule has 1 aliphatic heterocycles. The number of fused-ring (bicyclic) bond motifs is 1. The zero-order chi connectivity index (χ0) is 14.8. The fourth-order valence-corrected chi connectivity index (χ4v) is 2.94. The van der Waals surface area contributed by atoms with E-state index in [1.807, 2.05) is 0 Å². The molecule has 1 aromatic carbocycles. The van der Waals surface area contributed by atoms with Crippen LogP contribution in [-0.4, -0.2) is 24.1 Å². The number of halogens is 1. The molecule has 0 amide bonds. The lowest BCUT2D eigenvalue weighted by Gasteiger charge is -2.19. The molecule has 21 heavy (non-hydrogen) atoms. The van der Waals surface area contributed by atoms with E-state index in [0.717, 1.165) is 5.56 Å². The molecule has 0 saturated carbocycles. The third kappa shape index (κ3) is 2.89. The van der Waals surface area contributed by atoms with Crippen LogP contribution in [0, 0.1) is 0 Å². The van der Waals surface area contributed by atoms with Gasteiger partial charge in [-0.25, -0.2) is 0 Å². The average Bonchev–Trinajstić information content (AvgIpc) is 2.91. The third-order valence-corrected chi connectivity index (χ3v) is 4.11. The van der Waals surface area contributed by atoms with E-state index in [1.165, 1.54) is 23.5 Å². The zero-order valence-corrected chi connectivity index (χ0v) is 12.4. The second-order valence-electron chi connectivity index (χ2n) is 4.36. The Morgan fingerprint density at radius 3 is 2.90 bits per heavy atom. The number of ether oxygens (including phenoxy) is 2. The highest BCUT2D eigenvalue weighted by atomic mass is 35.5. The highest BCUT2D eigenvalue weighted by Crippen LogP contribution is 2.38. The van der Waals surface area contributed by atoms with Gasteiger partial charge >= 0.3 is 0 Å². The van der Waals surface area contributed by atoms with Crippen molar-refractivity contribution >= 4 is 34.8 Å². The summed E-state index contributed by atoms with van der Waals surface area (Å²) in [7, 11) is 0. The van der Waals surface area contributed by atoms with Crippen molar-refractivity contribution in [3.05, 3.63) is 45.1 Å². The maximum atomic E-state index is 11.9. The van der Waals surface area contributed by atoms with Gasteiger partial charge in [-0.3, -0.25) is 4.79 Å². The molecule has 1 aliphatic rings. The fourth-order valence-electron chi connectivity index (χ4n) is 1.96. The van der Waals surface area contributed by atoms with Gasteiger partial charge in [0.25, 0.3) is 0 Å². The summed E-state index contributed by atoms with van der Waals surface area (Å²) >= 11 is 7.32. The van der Waals surface area contributed by atoms with E-state index >= 15 is 0 Å². The van der Waals surface area contributed by atoms with Crippen LogP contribution >= 0.6 is 22.9 Å². The van der Waals surface area contributed by atoms with Crippen molar-refractivity contribution < 1.29 is 19.4 Å². The Bertz CT molecular complexity index is 720. The number of thiophene rings is 1. The van der Waals surface area contributed by atoms with Crippen LogP contribution in [0.2, 0.25) is 5.02 Å². The van der Waals surface area contributed by atoms with Crippen molar-refractivity contribution in [3.63, 3.8) is 0 Å². The predicted octanol–water partition coefficient (Wildman–Crippen LogP) is 3.77. The first kappa shape index (κ1) is 14.0. The number of hydrogen-bond donors (Lipinski definition) is 1. The molecule has 0 unspecified atom stereocenters. The fraction of sp³-hybridized carbons (Fsp3) is 0.133. The molecule has 108 valence electrons. The van der Waals surface area contributed by atoms with Gasteiger partial charge in [-0.05, 0) is 35.2 Å². The smallest absolute Gasteiger partial charge is 0.199 e. The van der Waals surface area contributed by atoms with Crippen LogP contribution in [0.3, 0.4) is 0 Å². The molecule has 1 N–H and O–H groups in total. The Kier molecular flexibility index (Phi) is 3.86. The number of hydrogen-bond acceptors (Lipinski definition) is 5. The summed E-state index contributed by atoms with van der Waals surface area (Å²) in [6.45, 7) is 0.941. The number of benzene rings is 1. The molecule has 0 bridgehead atoms. The van der Waals surface area contributed by atoms with Crippen LogP contribution in [0.5, 0.6) is 17.2 Å². The minimum absolute atomic E-state index is 0.00476. The summed E-state index contributed by atoms with van der Waals surface area (Å²) in [4.78, 5) is 12.3. The Hall–Kier alpha value is -1.98. The van der Waals surface area contributed by atoms with Crippen molar-refractivity contribution in [1.82, 2.24) is 0 Å². The molecule has 6 heteroatoms. The van der Waals surface area contributed by atoms with E-state index in [-0.39, 0.29) is 11.5 Å². The predicted molar refractivity (Wildman–Crippen MR) is 81.8 cm³/mol. The SMILES string of the molecule is O=C(C=Cc1cc(Cl)c2c(c1)OCCO2)c1sccc1O. The van der Waals surface area contributed by atoms with Crippen molar-refractivity contribution in [3.8, 4) is 17.2 Å². The van der Waals surface area contributed by atoms with E-state index in [4.69, 9.17) is 21.1 Å². The summed E-state index contributed by atoms with van der Waals surface area (Å²) in [5.41, 5.74) is 0.730. The van der Waals surface area contributed by atoms with Gasteiger partial charge in [0.2, 0.25) is 0 Å². The molecule has 4 nitrogen and oxygen atoms in total. The molecule has 0 saturated heterocycles. The van der Waals surface area contributed by atoms with Crippen molar-refractivity contribution in [1.29, 1.82) is 0 Å². The number of carbonyl (C=O) groups is 1. The van der Waals surface area contributed by atoms with Crippen LogP contribution in [0.1, 0.15) is 15.2 Å². The van der Waals surface area contributed by atoms with Gasteiger partial charge in [0, 0.05) is 0 Å². The van der Waals surface area contributed by atoms with Gasteiger partial charge in [-0.15, -0.1) is 11.3 Å². The highest BCUT2D eigenvalue weighted by molar-refractivity contribution is 7.12. The highest BCUT2D eigenvalue weighted by Gasteiger charge is 2.16. The van der Waals surface area contributed by atoms with Gasteiger partial charge in [-0.1, -0.05) is 17.7 Å². The number of aromatic hydroxyl groups is 1. The molecule has 1 aromatic heterocycles. The molecular weight excluding hydrogens is 312 g/mol. The first-order valence-electron chi connectivity index (χ1n) is 6.23. The van der Waals surface area contributed by atoms with Gasteiger partial charge in [0.05, 0.1) is 5.02 Å². The lowest BCUT2D eigenvalue weighted by Crippen LogP contribution is -2.15. The summed E-state index contributed by atoms with van der Waals surface area (Å²) in [5.74, 6) is 0.838. The quantitative estimate of drug-likeness (QED) is 0.690. The van der Waals surface area contributed by atoms with Crippen molar-refractivity contribution in [2.24, 2.45) is 0 Å². The number of rotatable bonds is 3. The van der Waals surface area contributed by atoms with Crippen LogP contribution < -0.4 is 9.47 Å². The van der Waals surface area contributed by atoms with Crippen molar-refractivity contribution in [2.75, 3.05) is 13.2 Å².